The molecule has 0 nitrogen and oxygen atoms in total. The molecule has 0 aliphatic heterocycles. The molecule has 4 rings (SSSR count). The Labute approximate surface area is 213 Å². The van der Waals surface area contributed by atoms with Crippen LogP contribution >= 0.6 is 0 Å². The van der Waals surface area contributed by atoms with Gasteiger partial charge in [-0.2, -0.15) is 0 Å². The lowest BCUT2D eigenvalue weighted by Gasteiger charge is -1.98. The summed E-state index contributed by atoms with van der Waals surface area (Å²) in [6.45, 7) is 0. The van der Waals surface area contributed by atoms with Crippen molar-refractivity contribution in [1.82, 2.24) is 0 Å². The van der Waals surface area contributed by atoms with Gasteiger partial charge in [0.05, 0.1) is 0 Å². The predicted molar refractivity (Wildman–Crippen MR) is 148 cm³/mol. The first-order valence-electron chi connectivity index (χ1n) is 11.1. The summed E-state index contributed by atoms with van der Waals surface area (Å²) >= 11 is 0. The molecule has 0 spiro atoms. The molecule has 0 heterocycles. The normalized spacial score (nSPS) is 8.92. The van der Waals surface area contributed by atoms with Crippen LogP contribution in [0.5, 0.6) is 0 Å². The minimum Gasteiger partial charge on any atom is -0.115 e. The lowest BCUT2D eigenvalue weighted by Crippen LogP contribution is -1.86. The molecule has 162 valence electrons. The second-order valence-corrected chi connectivity index (χ2v) is 7.71. The lowest BCUT2D eigenvalue weighted by atomic mass is 10.0. The SMILES string of the molecule is C#Cc1ccc(C#Cc2cc(C#Cc3ccc(C#C)cc3)cc(C#Cc3ccc(C#C)cc3)c2)cc1. The van der Waals surface area contributed by atoms with Gasteiger partial charge in [-0.1, -0.05) is 53.3 Å². The van der Waals surface area contributed by atoms with Gasteiger partial charge in [0, 0.05) is 50.1 Å². The lowest BCUT2D eigenvalue weighted by molar-refractivity contribution is 1.54. The molecule has 0 saturated heterocycles. The second-order valence-electron chi connectivity index (χ2n) is 7.71. The molecule has 36 heavy (non-hydrogen) atoms. The van der Waals surface area contributed by atoms with Crippen LogP contribution in [0.25, 0.3) is 0 Å². The molecule has 0 heteroatoms. The summed E-state index contributed by atoms with van der Waals surface area (Å²) < 4.78 is 0. The number of benzene rings is 4. The Kier molecular flexibility index (Phi) is 7.41. The van der Waals surface area contributed by atoms with Crippen LogP contribution in [0, 0.1) is 72.6 Å². The monoisotopic (exact) mass is 450 g/mol. The highest BCUT2D eigenvalue weighted by atomic mass is 14.0. The van der Waals surface area contributed by atoms with E-state index in [9.17, 15) is 0 Å². The van der Waals surface area contributed by atoms with Gasteiger partial charge >= 0.3 is 0 Å². The maximum absolute atomic E-state index is 5.44. The Balaban J connectivity index is 1.70. The first-order valence-corrected chi connectivity index (χ1v) is 11.1. The summed E-state index contributed by atoms with van der Waals surface area (Å²) in [5.74, 6) is 27.1. The van der Waals surface area contributed by atoms with Crippen molar-refractivity contribution in [3.05, 3.63) is 141 Å². The summed E-state index contributed by atoms with van der Waals surface area (Å²) in [5.41, 5.74) is 7.54. The number of rotatable bonds is 0. The summed E-state index contributed by atoms with van der Waals surface area (Å²) in [6.07, 6.45) is 16.3. The molecule has 0 radical (unpaired) electrons. The second kappa shape index (κ2) is 11.4. The molecule has 0 aliphatic rings. The van der Waals surface area contributed by atoms with Gasteiger partial charge < -0.3 is 0 Å². The van der Waals surface area contributed by atoms with Crippen LogP contribution in [-0.2, 0) is 0 Å². The van der Waals surface area contributed by atoms with Gasteiger partial charge in [-0.15, -0.1) is 19.3 Å². The molecular weight excluding hydrogens is 432 g/mol. The van der Waals surface area contributed by atoms with Crippen LogP contribution in [0.1, 0.15) is 50.1 Å². The zero-order valence-electron chi connectivity index (χ0n) is 19.4. The van der Waals surface area contributed by atoms with Crippen LogP contribution in [-0.4, -0.2) is 0 Å². The molecule has 0 amide bonds. The Hall–Kier alpha value is -5.76. The van der Waals surface area contributed by atoms with Crippen molar-refractivity contribution >= 4 is 0 Å². The van der Waals surface area contributed by atoms with Gasteiger partial charge in [-0.3, -0.25) is 0 Å². The topological polar surface area (TPSA) is 0 Å². The molecule has 4 aromatic rings. The Bertz CT molecular complexity index is 1500. The summed E-state index contributed by atoms with van der Waals surface area (Å²) in [6, 6.07) is 28.6. The quantitative estimate of drug-likeness (QED) is 0.296. The van der Waals surface area contributed by atoms with E-state index in [1.165, 1.54) is 0 Å². The van der Waals surface area contributed by atoms with E-state index in [1.54, 1.807) is 0 Å². The van der Waals surface area contributed by atoms with Crippen LogP contribution in [0.15, 0.2) is 91.0 Å². The van der Waals surface area contributed by atoms with Crippen LogP contribution < -0.4 is 0 Å². The van der Waals surface area contributed by atoms with Crippen molar-refractivity contribution in [2.45, 2.75) is 0 Å². The minimum atomic E-state index is 0.817. The fourth-order valence-corrected chi connectivity index (χ4v) is 3.23. The maximum Gasteiger partial charge on any atom is 0.0273 e. The van der Waals surface area contributed by atoms with E-state index in [2.05, 4.69) is 53.3 Å². The number of terminal acetylenes is 3. The smallest absolute Gasteiger partial charge is 0.0273 e. The summed E-state index contributed by atoms with van der Waals surface area (Å²) in [4.78, 5) is 0. The zero-order valence-corrected chi connectivity index (χ0v) is 19.4. The first kappa shape index (κ1) is 23.4. The van der Waals surface area contributed by atoms with Crippen molar-refractivity contribution in [3.8, 4) is 72.6 Å². The minimum absolute atomic E-state index is 0.817. The van der Waals surface area contributed by atoms with E-state index in [-0.39, 0.29) is 0 Å². The highest BCUT2D eigenvalue weighted by Gasteiger charge is 1.98. The van der Waals surface area contributed by atoms with Gasteiger partial charge in [0.15, 0.2) is 0 Å². The van der Waals surface area contributed by atoms with E-state index in [0.717, 1.165) is 50.1 Å². The summed E-state index contributed by atoms with van der Waals surface area (Å²) in [7, 11) is 0. The van der Waals surface area contributed by atoms with E-state index in [1.807, 2.05) is 91.0 Å². The largest absolute Gasteiger partial charge is 0.115 e. The maximum atomic E-state index is 5.44. The van der Waals surface area contributed by atoms with Crippen molar-refractivity contribution < 1.29 is 0 Å². The average molecular weight is 451 g/mol. The number of hydrogen-bond donors (Lipinski definition) is 0. The molecule has 0 fully saturated rings. The van der Waals surface area contributed by atoms with Gasteiger partial charge in [0.1, 0.15) is 0 Å². The molecule has 0 aromatic heterocycles. The summed E-state index contributed by atoms with van der Waals surface area (Å²) in [5, 5.41) is 0. The van der Waals surface area contributed by atoms with Crippen molar-refractivity contribution in [1.29, 1.82) is 0 Å². The van der Waals surface area contributed by atoms with Crippen molar-refractivity contribution in [2.24, 2.45) is 0 Å². The highest BCUT2D eigenvalue weighted by Crippen LogP contribution is 2.11. The van der Waals surface area contributed by atoms with E-state index in [0.29, 0.717) is 0 Å². The van der Waals surface area contributed by atoms with E-state index >= 15 is 0 Å². The van der Waals surface area contributed by atoms with Crippen molar-refractivity contribution in [2.75, 3.05) is 0 Å². The molecule has 0 saturated carbocycles. The fourth-order valence-electron chi connectivity index (χ4n) is 3.23. The molecule has 0 bridgehead atoms. The van der Waals surface area contributed by atoms with Gasteiger partial charge in [-0.25, -0.2) is 0 Å². The molecule has 0 aliphatic carbocycles. The Morgan fingerprint density at radius 1 is 0.278 bits per heavy atom. The molecule has 4 aromatic carbocycles. The van der Waals surface area contributed by atoms with Crippen LogP contribution in [0.2, 0.25) is 0 Å². The highest BCUT2D eigenvalue weighted by molar-refractivity contribution is 5.56. The third-order valence-electron chi connectivity index (χ3n) is 5.14. The zero-order chi connectivity index (χ0) is 25.2. The first-order chi connectivity index (χ1) is 17.6. The third kappa shape index (κ3) is 6.40. The third-order valence-corrected chi connectivity index (χ3v) is 5.14. The van der Waals surface area contributed by atoms with Gasteiger partial charge in [-0.05, 0) is 91.0 Å². The van der Waals surface area contributed by atoms with Gasteiger partial charge in [0.25, 0.3) is 0 Å². The predicted octanol–water partition coefficient (Wildman–Crippen LogP) is 5.83. The molecule has 0 atom stereocenters. The fraction of sp³-hybridized carbons (Fsp3) is 0. The van der Waals surface area contributed by atoms with Crippen LogP contribution in [0.3, 0.4) is 0 Å². The molecule has 0 unspecified atom stereocenters. The van der Waals surface area contributed by atoms with Crippen LogP contribution in [0.4, 0.5) is 0 Å². The number of hydrogen-bond acceptors (Lipinski definition) is 0. The average Bonchev–Trinajstić information content (AvgIpc) is 2.94. The molecular formula is C36H18. The van der Waals surface area contributed by atoms with Gasteiger partial charge in [0.2, 0.25) is 0 Å². The van der Waals surface area contributed by atoms with E-state index < -0.39 is 0 Å². The Morgan fingerprint density at radius 2 is 0.472 bits per heavy atom. The van der Waals surface area contributed by atoms with Crippen molar-refractivity contribution in [3.63, 3.8) is 0 Å². The standard InChI is InChI=1S/C36H18/c1-4-28-7-13-31(14-8-28)19-22-34-25-35(23-20-32-15-9-29(5-2)10-16-32)27-36(26-34)24-21-33-17-11-30(6-3)12-18-33/h1-3,7-18,25-27H. The van der Waals surface area contributed by atoms with E-state index in [4.69, 9.17) is 19.3 Å². The Morgan fingerprint density at radius 3 is 0.694 bits per heavy atom. The molecule has 0 N–H and O–H groups in total.